The predicted octanol–water partition coefficient (Wildman–Crippen LogP) is 3.93. The number of nitrogens with two attached hydrogens (primary N) is 1. The van der Waals surface area contributed by atoms with Crippen LogP contribution in [0, 0.1) is 11.6 Å². The van der Waals surface area contributed by atoms with Crippen molar-refractivity contribution in [3.05, 3.63) is 46.8 Å². The van der Waals surface area contributed by atoms with Crippen molar-refractivity contribution < 1.29 is 8.78 Å². The van der Waals surface area contributed by atoms with E-state index in [9.17, 15) is 8.78 Å². The van der Waals surface area contributed by atoms with Crippen LogP contribution in [0.1, 0.15) is 18.7 Å². The number of halogens is 2. The summed E-state index contributed by atoms with van der Waals surface area (Å²) in [7, 11) is 0. The Labute approximate surface area is 109 Å². The summed E-state index contributed by atoms with van der Waals surface area (Å²) in [6.07, 6.45) is 0. The molecule has 96 valence electrons. The summed E-state index contributed by atoms with van der Waals surface area (Å²) in [5.41, 5.74) is 6.32. The lowest BCUT2D eigenvalue weighted by Gasteiger charge is -2.20. The van der Waals surface area contributed by atoms with Crippen molar-refractivity contribution >= 4 is 11.3 Å². The molecular weight excluding hydrogens is 252 g/mol. The van der Waals surface area contributed by atoms with Gasteiger partial charge in [0.1, 0.15) is 0 Å². The van der Waals surface area contributed by atoms with Crippen molar-refractivity contribution in [3.8, 4) is 10.4 Å². The highest BCUT2D eigenvalue weighted by atomic mass is 32.1. The summed E-state index contributed by atoms with van der Waals surface area (Å²) in [5, 5.41) is 0. The maximum Gasteiger partial charge on any atom is 0.159 e. The molecule has 0 spiro atoms. The third kappa shape index (κ3) is 2.44. The topological polar surface area (TPSA) is 26.0 Å². The fourth-order valence-electron chi connectivity index (χ4n) is 1.61. The molecule has 1 heterocycles. The van der Waals surface area contributed by atoms with Crippen LogP contribution in [0.3, 0.4) is 0 Å². The molecule has 0 aliphatic carbocycles. The first-order valence-electron chi connectivity index (χ1n) is 5.70. The van der Waals surface area contributed by atoms with E-state index in [1.807, 2.05) is 12.1 Å². The van der Waals surface area contributed by atoms with Crippen molar-refractivity contribution in [3.63, 3.8) is 0 Å². The normalized spacial score (nSPS) is 11.8. The quantitative estimate of drug-likeness (QED) is 0.896. The minimum absolute atomic E-state index is 0.0957. The lowest BCUT2D eigenvalue weighted by molar-refractivity contribution is 0.509. The van der Waals surface area contributed by atoms with Crippen LogP contribution in [0.25, 0.3) is 10.4 Å². The van der Waals surface area contributed by atoms with Gasteiger partial charge in [-0.3, -0.25) is 0 Å². The number of hydrogen-bond donors (Lipinski definition) is 1. The van der Waals surface area contributed by atoms with Crippen LogP contribution in [-0.2, 0) is 5.41 Å². The van der Waals surface area contributed by atoms with Gasteiger partial charge in [0.15, 0.2) is 11.6 Å². The van der Waals surface area contributed by atoms with Crippen molar-refractivity contribution in [1.29, 1.82) is 0 Å². The average Bonchev–Trinajstić information content (AvgIpc) is 2.83. The van der Waals surface area contributed by atoms with Gasteiger partial charge in [-0.05, 0) is 29.8 Å². The zero-order valence-corrected chi connectivity index (χ0v) is 11.2. The van der Waals surface area contributed by atoms with Crippen molar-refractivity contribution in [1.82, 2.24) is 0 Å². The van der Waals surface area contributed by atoms with Crippen LogP contribution >= 0.6 is 11.3 Å². The van der Waals surface area contributed by atoms with Crippen molar-refractivity contribution in [2.75, 3.05) is 6.54 Å². The van der Waals surface area contributed by atoms with Crippen LogP contribution < -0.4 is 5.73 Å². The molecule has 1 aromatic carbocycles. The highest BCUT2D eigenvalue weighted by molar-refractivity contribution is 7.15. The molecule has 4 heteroatoms. The zero-order chi connectivity index (χ0) is 13.3. The fraction of sp³-hybridized carbons (Fsp3) is 0.286. The molecule has 0 unspecified atom stereocenters. The van der Waals surface area contributed by atoms with Crippen LogP contribution in [0.2, 0.25) is 0 Å². The van der Waals surface area contributed by atoms with Crippen molar-refractivity contribution in [2.45, 2.75) is 19.3 Å². The molecule has 0 aliphatic heterocycles. The molecule has 1 nitrogen and oxygen atoms in total. The molecular formula is C14H15F2NS. The molecule has 0 atom stereocenters. The van der Waals surface area contributed by atoms with Crippen LogP contribution in [-0.4, -0.2) is 6.54 Å². The zero-order valence-electron chi connectivity index (χ0n) is 10.3. The third-order valence-electron chi connectivity index (χ3n) is 2.99. The van der Waals surface area contributed by atoms with Gasteiger partial charge in [-0.15, -0.1) is 11.3 Å². The summed E-state index contributed by atoms with van der Waals surface area (Å²) in [4.78, 5) is 2.06. The Kier molecular flexibility index (Phi) is 3.50. The number of hydrogen-bond acceptors (Lipinski definition) is 2. The molecule has 2 aromatic rings. The molecule has 0 aliphatic rings. The van der Waals surface area contributed by atoms with Gasteiger partial charge >= 0.3 is 0 Å². The smallest absolute Gasteiger partial charge is 0.159 e. The summed E-state index contributed by atoms with van der Waals surface area (Å²) in [5.74, 6) is -1.64. The van der Waals surface area contributed by atoms with E-state index in [0.717, 1.165) is 15.8 Å². The Morgan fingerprint density at radius 2 is 1.83 bits per heavy atom. The van der Waals surface area contributed by atoms with Gasteiger partial charge in [0, 0.05) is 21.7 Å². The SMILES string of the molecule is CC(C)(CN)c1ccc(-c2ccc(F)c(F)c2)s1. The summed E-state index contributed by atoms with van der Waals surface area (Å²) >= 11 is 1.56. The molecule has 1 aromatic heterocycles. The molecule has 0 saturated heterocycles. The minimum Gasteiger partial charge on any atom is -0.330 e. The Bertz CT molecular complexity index is 561. The van der Waals surface area contributed by atoms with E-state index in [0.29, 0.717) is 12.1 Å². The second-order valence-corrected chi connectivity index (χ2v) is 5.96. The van der Waals surface area contributed by atoms with E-state index in [2.05, 4.69) is 13.8 Å². The first-order chi connectivity index (χ1) is 8.44. The Hall–Kier alpha value is -1.26. The minimum atomic E-state index is -0.821. The van der Waals surface area contributed by atoms with E-state index in [-0.39, 0.29) is 5.41 Å². The van der Waals surface area contributed by atoms with Gasteiger partial charge in [-0.25, -0.2) is 8.78 Å². The van der Waals surface area contributed by atoms with E-state index in [4.69, 9.17) is 5.73 Å². The molecule has 2 N–H and O–H groups in total. The molecule has 0 amide bonds. The van der Waals surface area contributed by atoms with Gasteiger partial charge in [0.2, 0.25) is 0 Å². The van der Waals surface area contributed by atoms with Crippen molar-refractivity contribution in [2.24, 2.45) is 5.73 Å². The lowest BCUT2D eigenvalue weighted by Crippen LogP contribution is -2.26. The van der Waals surface area contributed by atoms with Crippen LogP contribution in [0.4, 0.5) is 8.78 Å². The highest BCUT2D eigenvalue weighted by Crippen LogP contribution is 2.35. The Morgan fingerprint density at radius 3 is 2.44 bits per heavy atom. The largest absolute Gasteiger partial charge is 0.330 e. The number of benzene rings is 1. The highest BCUT2D eigenvalue weighted by Gasteiger charge is 2.21. The van der Waals surface area contributed by atoms with Gasteiger partial charge in [0.05, 0.1) is 0 Å². The Morgan fingerprint density at radius 1 is 1.11 bits per heavy atom. The fourth-order valence-corrected chi connectivity index (χ4v) is 2.72. The van der Waals surface area contributed by atoms with E-state index < -0.39 is 11.6 Å². The van der Waals surface area contributed by atoms with Crippen LogP contribution in [0.15, 0.2) is 30.3 Å². The summed E-state index contributed by atoms with van der Waals surface area (Å²) in [6, 6.07) is 7.88. The number of rotatable bonds is 3. The lowest BCUT2D eigenvalue weighted by atomic mass is 9.92. The van der Waals surface area contributed by atoms with Gasteiger partial charge in [0.25, 0.3) is 0 Å². The molecule has 0 radical (unpaired) electrons. The summed E-state index contributed by atoms with van der Waals surface area (Å²) < 4.78 is 26.1. The first kappa shape index (κ1) is 13.2. The van der Waals surface area contributed by atoms with Gasteiger partial charge in [-0.1, -0.05) is 19.9 Å². The first-order valence-corrected chi connectivity index (χ1v) is 6.51. The van der Waals surface area contributed by atoms with Gasteiger partial charge < -0.3 is 5.73 Å². The second kappa shape index (κ2) is 4.78. The monoisotopic (exact) mass is 267 g/mol. The van der Waals surface area contributed by atoms with E-state index in [1.54, 1.807) is 17.4 Å². The number of thiophene rings is 1. The Balaban J connectivity index is 2.38. The molecule has 18 heavy (non-hydrogen) atoms. The maximum absolute atomic E-state index is 13.2. The standard InChI is InChI=1S/C14H15F2NS/c1-14(2,8-17)13-6-5-12(18-13)9-3-4-10(15)11(16)7-9/h3-7H,8,17H2,1-2H3. The molecule has 2 rings (SSSR count). The van der Waals surface area contributed by atoms with Gasteiger partial charge in [-0.2, -0.15) is 0 Å². The molecule has 0 fully saturated rings. The predicted molar refractivity (Wildman–Crippen MR) is 71.8 cm³/mol. The van der Waals surface area contributed by atoms with E-state index in [1.165, 1.54) is 6.07 Å². The summed E-state index contributed by atoms with van der Waals surface area (Å²) in [6.45, 7) is 4.67. The molecule has 0 saturated carbocycles. The third-order valence-corrected chi connectivity index (χ3v) is 4.49. The van der Waals surface area contributed by atoms with Crippen LogP contribution in [0.5, 0.6) is 0 Å². The second-order valence-electron chi connectivity index (χ2n) is 4.88. The maximum atomic E-state index is 13.2. The van der Waals surface area contributed by atoms with E-state index >= 15 is 0 Å². The average molecular weight is 267 g/mol. The molecule has 0 bridgehead atoms.